The Hall–Kier alpha value is -3.19. The van der Waals surface area contributed by atoms with Gasteiger partial charge < -0.3 is 15.8 Å². The molecule has 27 heavy (non-hydrogen) atoms. The molecule has 0 fully saturated rings. The summed E-state index contributed by atoms with van der Waals surface area (Å²) in [4.78, 5) is 28.1. The lowest BCUT2D eigenvalue weighted by Gasteiger charge is -2.07. The van der Waals surface area contributed by atoms with Crippen molar-refractivity contribution in [3.8, 4) is 5.75 Å². The molecule has 0 aliphatic heterocycles. The first-order valence-electron chi connectivity index (χ1n) is 8.32. The van der Waals surface area contributed by atoms with Gasteiger partial charge in [0.2, 0.25) is 5.91 Å². The standard InChI is InChI=1S/C20H19N3O3S/c1-13-6-8-15(9-7-13)26-11-19-22-14(12-27-19)10-18(24)23-17-5-3-2-4-16(17)20(21)25/h2-9,12H,10-11H2,1H3,(H2,21,25)(H,23,24). The molecule has 2 amide bonds. The maximum absolute atomic E-state index is 12.2. The number of rotatable bonds is 7. The zero-order valence-corrected chi connectivity index (χ0v) is 15.6. The van der Waals surface area contributed by atoms with E-state index in [-0.39, 0.29) is 17.9 Å². The Morgan fingerprint density at radius 1 is 1.15 bits per heavy atom. The summed E-state index contributed by atoms with van der Waals surface area (Å²) in [6, 6.07) is 14.4. The van der Waals surface area contributed by atoms with Gasteiger partial charge in [0.25, 0.3) is 5.91 Å². The van der Waals surface area contributed by atoms with Gasteiger partial charge in [-0.25, -0.2) is 4.98 Å². The summed E-state index contributed by atoms with van der Waals surface area (Å²) in [5, 5.41) is 5.32. The zero-order valence-electron chi connectivity index (χ0n) is 14.8. The fraction of sp³-hybridized carbons (Fsp3) is 0.150. The summed E-state index contributed by atoms with van der Waals surface area (Å²) in [6.07, 6.45) is 0.105. The van der Waals surface area contributed by atoms with E-state index < -0.39 is 5.91 Å². The second-order valence-electron chi connectivity index (χ2n) is 5.97. The average molecular weight is 381 g/mol. The quantitative estimate of drug-likeness (QED) is 0.656. The molecule has 0 atom stereocenters. The lowest BCUT2D eigenvalue weighted by Crippen LogP contribution is -2.19. The van der Waals surface area contributed by atoms with Crippen molar-refractivity contribution in [2.45, 2.75) is 20.0 Å². The molecule has 0 saturated carbocycles. The lowest BCUT2D eigenvalue weighted by atomic mass is 10.1. The lowest BCUT2D eigenvalue weighted by molar-refractivity contribution is -0.115. The summed E-state index contributed by atoms with van der Waals surface area (Å²) in [5.74, 6) is -0.0757. The van der Waals surface area contributed by atoms with E-state index in [2.05, 4.69) is 10.3 Å². The van der Waals surface area contributed by atoms with Gasteiger partial charge in [0.1, 0.15) is 17.4 Å². The summed E-state index contributed by atoms with van der Waals surface area (Å²) in [7, 11) is 0. The number of carbonyl (C=O) groups excluding carboxylic acids is 2. The van der Waals surface area contributed by atoms with Crippen LogP contribution in [-0.2, 0) is 17.8 Å². The number of primary amides is 1. The molecule has 2 aromatic carbocycles. The summed E-state index contributed by atoms with van der Waals surface area (Å²) < 4.78 is 5.70. The van der Waals surface area contributed by atoms with E-state index in [0.717, 1.165) is 10.8 Å². The van der Waals surface area contributed by atoms with Crippen LogP contribution in [0.15, 0.2) is 53.9 Å². The number of nitrogens with two attached hydrogens (primary N) is 1. The predicted octanol–water partition coefficient (Wildman–Crippen LogP) is 3.31. The molecule has 6 nitrogen and oxygen atoms in total. The molecule has 3 N–H and O–H groups in total. The Bertz CT molecular complexity index is 951. The number of nitrogens with one attached hydrogen (secondary N) is 1. The Balaban J connectivity index is 1.56. The molecule has 0 aliphatic carbocycles. The van der Waals surface area contributed by atoms with Gasteiger partial charge in [-0.15, -0.1) is 11.3 Å². The Kier molecular flexibility index (Phi) is 5.83. The van der Waals surface area contributed by atoms with Crippen molar-refractivity contribution in [2.24, 2.45) is 5.73 Å². The molecule has 138 valence electrons. The molecule has 0 saturated heterocycles. The molecule has 3 aromatic rings. The van der Waals surface area contributed by atoms with E-state index in [1.807, 2.05) is 36.6 Å². The smallest absolute Gasteiger partial charge is 0.250 e. The van der Waals surface area contributed by atoms with E-state index in [4.69, 9.17) is 10.5 Å². The minimum atomic E-state index is -0.588. The number of thiazole rings is 1. The highest BCUT2D eigenvalue weighted by Gasteiger charge is 2.12. The molecule has 1 heterocycles. The van der Waals surface area contributed by atoms with Crippen molar-refractivity contribution in [3.63, 3.8) is 0 Å². The molecule has 0 unspecified atom stereocenters. The molecule has 0 bridgehead atoms. The first kappa shape index (κ1) is 18.6. The normalized spacial score (nSPS) is 10.4. The van der Waals surface area contributed by atoms with Crippen molar-refractivity contribution in [1.29, 1.82) is 0 Å². The van der Waals surface area contributed by atoms with Crippen molar-refractivity contribution >= 4 is 28.8 Å². The molecule has 1 aromatic heterocycles. The van der Waals surface area contributed by atoms with Crippen molar-refractivity contribution < 1.29 is 14.3 Å². The highest BCUT2D eigenvalue weighted by atomic mass is 32.1. The highest BCUT2D eigenvalue weighted by Crippen LogP contribution is 2.18. The summed E-state index contributed by atoms with van der Waals surface area (Å²) in [5.41, 5.74) is 7.81. The third-order valence-corrected chi connectivity index (χ3v) is 4.66. The fourth-order valence-corrected chi connectivity index (χ4v) is 3.15. The highest BCUT2D eigenvalue weighted by molar-refractivity contribution is 7.09. The first-order valence-corrected chi connectivity index (χ1v) is 9.20. The molecule has 0 radical (unpaired) electrons. The SMILES string of the molecule is Cc1ccc(OCc2nc(CC(=O)Nc3ccccc3C(N)=O)cs2)cc1. The van der Waals surface area contributed by atoms with Crippen LogP contribution < -0.4 is 15.8 Å². The molecular weight excluding hydrogens is 362 g/mol. The average Bonchev–Trinajstić information content (AvgIpc) is 3.08. The van der Waals surface area contributed by atoms with E-state index in [9.17, 15) is 9.59 Å². The van der Waals surface area contributed by atoms with Crippen LogP contribution in [0.3, 0.4) is 0 Å². The monoisotopic (exact) mass is 381 g/mol. The van der Waals surface area contributed by atoms with Crippen LogP contribution in [0.1, 0.15) is 26.6 Å². The Morgan fingerprint density at radius 2 is 1.89 bits per heavy atom. The molecule has 0 spiro atoms. The van der Waals surface area contributed by atoms with Crippen LogP contribution in [0.4, 0.5) is 5.69 Å². The molecule has 0 aliphatic rings. The van der Waals surface area contributed by atoms with E-state index in [1.165, 1.54) is 16.9 Å². The predicted molar refractivity (Wildman–Crippen MR) is 105 cm³/mol. The number of aryl methyl sites for hydroxylation is 1. The Labute approximate surface area is 161 Å². The number of nitrogens with zero attached hydrogens (tertiary/aromatic N) is 1. The van der Waals surface area contributed by atoms with Crippen LogP contribution in [0.25, 0.3) is 0 Å². The number of ether oxygens (including phenoxy) is 1. The van der Waals surface area contributed by atoms with Gasteiger partial charge in [-0.2, -0.15) is 0 Å². The van der Waals surface area contributed by atoms with Gasteiger partial charge in [0.15, 0.2) is 0 Å². The van der Waals surface area contributed by atoms with Gasteiger partial charge >= 0.3 is 0 Å². The van der Waals surface area contributed by atoms with Crippen LogP contribution in [0.2, 0.25) is 0 Å². The summed E-state index contributed by atoms with van der Waals surface area (Å²) in [6.45, 7) is 2.36. The fourth-order valence-electron chi connectivity index (χ4n) is 2.44. The topological polar surface area (TPSA) is 94.3 Å². The van der Waals surface area contributed by atoms with Gasteiger partial charge in [-0.05, 0) is 31.2 Å². The minimum Gasteiger partial charge on any atom is -0.486 e. The van der Waals surface area contributed by atoms with E-state index in [1.54, 1.807) is 24.3 Å². The second-order valence-corrected chi connectivity index (χ2v) is 6.91. The first-order chi connectivity index (χ1) is 13.0. The number of anilines is 1. The number of amides is 2. The van der Waals surface area contributed by atoms with Crippen molar-refractivity contribution in [1.82, 2.24) is 4.98 Å². The number of aromatic nitrogens is 1. The van der Waals surface area contributed by atoms with Gasteiger partial charge in [-0.1, -0.05) is 29.8 Å². The molecular formula is C20H19N3O3S. The third-order valence-electron chi connectivity index (χ3n) is 3.79. The number of hydrogen-bond acceptors (Lipinski definition) is 5. The molecule has 3 rings (SSSR count). The van der Waals surface area contributed by atoms with Crippen LogP contribution in [0, 0.1) is 6.92 Å². The Morgan fingerprint density at radius 3 is 2.63 bits per heavy atom. The number of carbonyl (C=O) groups is 2. The van der Waals surface area contributed by atoms with Gasteiger partial charge in [0.05, 0.1) is 23.4 Å². The largest absolute Gasteiger partial charge is 0.486 e. The summed E-state index contributed by atoms with van der Waals surface area (Å²) >= 11 is 1.44. The number of benzene rings is 2. The van der Waals surface area contributed by atoms with Crippen molar-refractivity contribution in [3.05, 3.63) is 75.7 Å². The third kappa shape index (κ3) is 5.15. The number of para-hydroxylation sites is 1. The second kappa shape index (κ2) is 8.46. The van der Waals surface area contributed by atoms with Gasteiger partial charge in [-0.3, -0.25) is 9.59 Å². The van der Waals surface area contributed by atoms with Crippen LogP contribution in [0.5, 0.6) is 5.75 Å². The van der Waals surface area contributed by atoms with Crippen molar-refractivity contribution in [2.75, 3.05) is 5.32 Å². The van der Waals surface area contributed by atoms with Crippen LogP contribution in [-0.4, -0.2) is 16.8 Å². The maximum Gasteiger partial charge on any atom is 0.250 e. The van der Waals surface area contributed by atoms with E-state index >= 15 is 0 Å². The number of hydrogen-bond donors (Lipinski definition) is 2. The maximum atomic E-state index is 12.2. The minimum absolute atomic E-state index is 0.105. The molecule has 7 heteroatoms. The zero-order chi connectivity index (χ0) is 19.2. The van der Waals surface area contributed by atoms with Gasteiger partial charge in [0, 0.05) is 5.38 Å². The van der Waals surface area contributed by atoms with Crippen LogP contribution >= 0.6 is 11.3 Å². The van der Waals surface area contributed by atoms with E-state index in [0.29, 0.717) is 18.0 Å².